The van der Waals surface area contributed by atoms with Crippen molar-refractivity contribution >= 4 is 23.5 Å². The largest absolute Gasteiger partial charge is 0.481 e. The van der Waals surface area contributed by atoms with Crippen molar-refractivity contribution in [2.45, 2.75) is 88.8 Å². The first-order valence-corrected chi connectivity index (χ1v) is 19.4. The summed E-state index contributed by atoms with van der Waals surface area (Å²) >= 11 is 7.13. The zero-order valence-corrected chi connectivity index (χ0v) is 32.7. The van der Waals surface area contributed by atoms with Crippen LogP contribution < -0.4 is 24.8 Å². The summed E-state index contributed by atoms with van der Waals surface area (Å²) in [5.74, 6) is -1.17. The number of benzene rings is 2. The molecule has 57 heavy (non-hydrogen) atoms. The van der Waals surface area contributed by atoms with Crippen LogP contribution in [-0.4, -0.2) is 70.7 Å². The Kier molecular flexibility index (Phi) is 11.7. The predicted octanol–water partition coefficient (Wildman–Crippen LogP) is 7.76. The second kappa shape index (κ2) is 16.5. The fraction of sp³-hybridized carbons (Fsp3) is 0.429. The first-order chi connectivity index (χ1) is 27.3. The normalized spacial score (nSPS) is 20.9. The van der Waals surface area contributed by atoms with E-state index in [0.717, 1.165) is 46.7 Å². The van der Waals surface area contributed by atoms with E-state index >= 15 is 0 Å². The molecule has 4 heterocycles. The maximum atomic E-state index is 14.7. The van der Waals surface area contributed by atoms with Gasteiger partial charge in [0.15, 0.2) is 0 Å². The molecule has 0 bridgehead atoms. The van der Waals surface area contributed by atoms with Gasteiger partial charge in [0.25, 0.3) is 0 Å². The van der Waals surface area contributed by atoms with Crippen molar-refractivity contribution in [2.24, 2.45) is 0 Å². The van der Waals surface area contributed by atoms with Crippen molar-refractivity contribution in [3.63, 3.8) is 0 Å². The van der Waals surface area contributed by atoms with Gasteiger partial charge in [0.2, 0.25) is 23.5 Å². The number of aromatic nitrogens is 2. The highest BCUT2D eigenvalue weighted by atomic mass is 35.5. The number of carboxylic acid groups (broad SMARTS) is 1. The molecule has 1 amide bonds. The summed E-state index contributed by atoms with van der Waals surface area (Å²) < 4.78 is 61.3. The predicted molar refractivity (Wildman–Crippen MR) is 207 cm³/mol. The van der Waals surface area contributed by atoms with Crippen molar-refractivity contribution in [1.82, 2.24) is 25.5 Å². The van der Waals surface area contributed by atoms with E-state index in [1.165, 1.54) is 7.11 Å². The van der Waals surface area contributed by atoms with E-state index in [1.54, 1.807) is 18.9 Å². The lowest BCUT2D eigenvalue weighted by atomic mass is 9.88. The minimum atomic E-state index is -4.81. The van der Waals surface area contributed by atoms with Gasteiger partial charge in [0.05, 0.1) is 24.9 Å². The number of nitrogens with one attached hydrogen (secondary N) is 2. The highest BCUT2D eigenvalue weighted by Crippen LogP contribution is 2.46. The van der Waals surface area contributed by atoms with Crippen molar-refractivity contribution in [3.05, 3.63) is 87.4 Å². The fourth-order valence-electron chi connectivity index (χ4n) is 8.19. The molecular formula is C42H45ClF3N5O6. The average Bonchev–Trinajstić information content (AvgIpc) is 3.81. The Hall–Kier alpha value is -4.92. The number of hydrogen-bond acceptors (Lipinski definition) is 9. The number of aliphatic carboxylic acids is 1. The van der Waals surface area contributed by atoms with Crippen molar-refractivity contribution in [1.29, 1.82) is 0 Å². The van der Waals surface area contributed by atoms with Crippen molar-refractivity contribution in [3.8, 4) is 40.0 Å². The Morgan fingerprint density at radius 3 is 2.44 bits per heavy atom. The van der Waals surface area contributed by atoms with Gasteiger partial charge in [0, 0.05) is 54.4 Å². The molecule has 3 N–H and O–H groups in total. The summed E-state index contributed by atoms with van der Waals surface area (Å²) in [6.45, 7) is 3.06. The van der Waals surface area contributed by atoms with Crippen molar-refractivity contribution in [2.75, 3.05) is 27.3 Å². The summed E-state index contributed by atoms with van der Waals surface area (Å²) in [5.41, 5.74) is 3.19. The molecule has 2 aliphatic heterocycles. The smallest absolute Gasteiger partial charge is 0.421 e. The second-order valence-electron chi connectivity index (χ2n) is 14.9. The Morgan fingerprint density at radius 1 is 0.982 bits per heavy atom. The van der Waals surface area contributed by atoms with Crippen LogP contribution in [0.3, 0.4) is 0 Å². The first-order valence-electron chi connectivity index (χ1n) is 19.1. The van der Waals surface area contributed by atoms with Gasteiger partial charge in [-0.3, -0.25) is 14.5 Å². The number of ether oxygens (including phenoxy) is 3. The molecular weight excluding hydrogens is 763 g/mol. The van der Waals surface area contributed by atoms with E-state index in [0.29, 0.717) is 73.9 Å². The third kappa shape index (κ3) is 8.26. The summed E-state index contributed by atoms with van der Waals surface area (Å²) in [6, 6.07) is 16.1. The van der Waals surface area contributed by atoms with Gasteiger partial charge in [-0.25, -0.2) is 4.98 Å². The molecule has 3 aliphatic rings. The third-order valence-corrected chi connectivity index (χ3v) is 11.8. The number of likely N-dealkylation sites (tertiary alicyclic amines) is 1. The van der Waals surface area contributed by atoms with Gasteiger partial charge in [0.1, 0.15) is 17.2 Å². The lowest BCUT2D eigenvalue weighted by molar-refractivity contribution is -0.153. The molecule has 11 nitrogen and oxygen atoms in total. The molecule has 0 spiro atoms. The Morgan fingerprint density at radius 2 is 1.72 bits per heavy atom. The number of carbonyl (C=O) groups is 2. The molecule has 2 saturated heterocycles. The average molecular weight is 808 g/mol. The number of rotatable bonds is 13. The number of halogens is 4. The van der Waals surface area contributed by atoms with E-state index in [-0.39, 0.29) is 29.9 Å². The van der Waals surface area contributed by atoms with Gasteiger partial charge in [-0.1, -0.05) is 54.1 Å². The number of hydrogen-bond donors (Lipinski definition) is 3. The van der Waals surface area contributed by atoms with Crippen molar-refractivity contribution < 1.29 is 42.1 Å². The first kappa shape index (κ1) is 40.3. The molecule has 15 heteroatoms. The number of alkyl halides is 3. The minimum absolute atomic E-state index is 0.0551. The molecule has 2 aromatic heterocycles. The molecule has 2 aromatic carbocycles. The Balaban J connectivity index is 1.14. The van der Waals surface area contributed by atoms with Crippen LogP contribution in [0.15, 0.2) is 54.6 Å². The van der Waals surface area contributed by atoms with Gasteiger partial charge in [-0.15, -0.1) is 0 Å². The van der Waals surface area contributed by atoms with Gasteiger partial charge < -0.3 is 30.0 Å². The molecule has 302 valence electrons. The topological polar surface area (TPSA) is 135 Å². The van der Waals surface area contributed by atoms with E-state index in [4.69, 9.17) is 30.8 Å². The molecule has 2 fully saturated rings. The number of pyridine rings is 2. The molecule has 0 radical (unpaired) electrons. The van der Waals surface area contributed by atoms with Crippen LogP contribution in [-0.2, 0) is 35.3 Å². The van der Waals surface area contributed by atoms with Crippen LogP contribution in [0.2, 0.25) is 5.02 Å². The van der Waals surface area contributed by atoms with Crippen LogP contribution in [0.4, 0.5) is 13.2 Å². The van der Waals surface area contributed by atoms with E-state index in [2.05, 4.69) is 15.6 Å². The van der Waals surface area contributed by atoms with Crippen LogP contribution in [0, 0.1) is 0 Å². The molecule has 0 saturated carbocycles. The standard InChI is InChI=1S/C42H45ClF3N5O6/c1-41(40(53)54)18-4-5-19-51(41)23-25-20-32(42(44,45)46)39(50-38(25)56-3)57-34-16-14-28-27(8-6-9-29(28)34)30-10-7-11-31(36(30)43)33-15-12-24(37(49-33)55-2)21-47-22-26-13-17-35(52)48-26/h6-12,15,20,26,34,47H,4-5,13-14,16-19,21-23H2,1-3H3,(H,48,52)(H,53,54)/t26-,34-,41-/m0/s1. The highest BCUT2D eigenvalue weighted by molar-refractivity contribution is 6.36. The fourth-order valence-corrected chi connectivity index (χ4v) is 8.51. The number of nitrogens with zero attached hydrogens (tertiary/aromatic N) is 3. The highest BCUT2D eigenvalue weighted by Gasteiger charge is 2.43. The van der Waals surface area contributed by atoms with Gasteiger partial charge in [-0.2, -0.15) is 18.2 Å². The van der Waals surface area contributed by atoms with Crippen LogP contribution in [0.25, 0.3) is 22.4 Å². The number of piperidine rings is 1. The Labute approximate surface area is 333 Å². The summed E-state index contributed by atoms with van der Waals surface area (Å²) in [6.07, 6.45) is -1.47. The van der Waals surface area contributed by atoms with Crippen LogP contribution in [0.1, 0.15) is 79.4 Å². The summed E-state index contributed by atoms with van der Waals surface area (Å²) in [7, 11) is 2.88. The second-order valence-corrected chi connectivity index (χ2v) is 15.3. The summed E-state index contributed by atoms with van der Waals surface area (Å²) in [4.78, 5) is 34.5. The van der Waals surface area contributed by atoms with Gasteiger partial charge >= 0.3 is 12.1 Å². The molecule has 7 rings (SSSR count). The molecule has 1 aliphatic carbocycles. The number of amides is 1. The van der Waals surface area contributed by atoms with Crippen LogP contribution >= 0.6 is 11.6 Å². The number of carbonyl (C=O) groups excluding carboxylic acids is 1. The lowest BCUT2D eigenvalue weighted by Crippen LogP contribution is -2.54. The Bertz CT molecular complexity index is 2170. The molecule has 0 unspecified atom stereocenters. The maximum absolute atomic E-state index is 14.7. The number of fused-ring (bicyclic) bond motifs is 1. The van der Waals surface area contributed by atoms with Crippen LogP contribution in [0.5, 0.6) is 17.6 Å². The zero-order chi connectivity index (χ0) is 40.5. The monoisotopic (exact) mass is 807 g/mol. The molecule has 3 atom stereocenters. The quantitative estimate of drug-likeness (QED) is 0.123. The minimum Gasteiger partial charge on any atom is -0.481 e. The van der Waals surface area contributed by atoms with Gasteiger partial charge in [-0.05, 0) is 80.8 Å². The summed E-state index contributed by atoms with van der Waals surface area (Å²) in [5, 5.41) is 16.8. The lowest BCUT2D eigenvalue weighted by Gasteiger charge is -2.41. The molecule has 4 aromatic rings. The zero-order valence-electron chi connectivity index (χ0n) is 32.0. The van der Waals surface area contributed by atoms with E-state index < -0.39 is 35.2 Å². The van der Waals surface area contributed by atoms with E-state index in [9.17, 15) is 27.9 Å². The van der Waals surface area contributed by atoms with E-state index in [1.807, 2.05) is 48.5 Å². The maximum Gasteiger partial charge on any atom is 0.421 e. The third-order valence-electron chi connectivity index (χ3n) is 11.3. The SMILES string of the molecule is COc1nc(-c2cccc(-c3cccc4c3CC[C@@H]4Oc3nc(OC)c(CN4CCCC[C@@]4(C)C(=O)O)cc3C(F)(F)F)c2Cl)ccc1CNC[C@@H]1CCC(=O)N1. The number of methoxy groups -OCH3 is 2. The number of carboxylic acids is 1.